The zero-order chi connectivity index (χ0) is 28.8. The standard InChI is InChI=1S/C35H26N4O2S/c1-35(18-29-25-12-2-4-14-27(25)31(35)28-15-5-3-13-26(28)29)33(41)39-34-38-30(20-42-34)22-9-7-10-23(17-22)32(40)37-24-11-6-8-21(16-24)19-36/h2-17,20,29,31H,18H2,1H3,(H,37,40)(H,38,39,41). The van der Waals surface area contributed by atoms with Crippen molar-refractivity contribution in [2.24, 2.45) is 5.41 Å². The molecule has 3 aliphatic rings. The van der Waals surface area contributed by atoms with E-state index in [1.54, 1.807) is 36.4 Å². The fourth-order valence-electron chi connectivity index (χ4n) is 6.58. The lowest BCUT2D eigenvalue weighted by molar-refractivity contribution is -0.126. The highest BCUT2D eigenvalue weighted by atomic mass is 32.1. The first-order valence-corrected chi connectivity index (χ1v) is 14.7. The molecule has 0 radical (unpaired) electrons. The fourth-order valence-corrected chi connectivity index (χ4v) is 7.30. The van der Waals surface area contributed by atoms with E-state index < -0.39 is 5.41 Å². The van der Waals surface area contributed by atoms with Crippen molar-refractivity contribution >= 4 is 34.0 Å². The van der Waals surface area contributed by atoms with E-state index in [1.807, 2.05) is 17.5 Å². The number of carbonyl (C=O) groups excluding carboxylic acids is 2. The van der Waals surface area contributed by atoms with E-state index in [4.69, 9.17) is 10.2 Å². The van der Waals surface area contributed by atoms with E-state index >= 15 is 0 Å². The molecule has 204 valence electrons. The molecule has 0 saturated carbocycles. The molecule has 7 heteroatoms. The Labute approximate surface area is 247 Å². The minimum absolute atomic E-state index is 0.0293. The Morgan fingerprint density at radius 2 is 1.57 bits per heavy atom. The van der Waals surface area contributed by atoms with Crippen molar-refractivity contribution < 1.29 is 9.59 Å². The molecule has 1 unspecified atom stereocenters. The predicted molar refractivity (Wildman–Crippen MR) is 165 cm³/mol. The van der Waals surface area contributed by atoms with Gasteiger partial charge >= 0.3 is 0 Å². The van der Waals surface area contributed by atoms with Crippen LogP contribution in [-0.4, -0.2) is 16.8 Å². The topological polar surface area (TPSA) is 94.9 Å². The van der Waals surface area contributed by atoms with Crippen molar-refractivity contribution in [2.75, 3.05) is 10.6 Å². The Bertz CT molecular complexity index is 1870. The van der Waals surface area contributed by atoms with Crippen LogP contribution in [0, 0.1) is 16.7 Å². The first-order chi connectivity index (χ1) is 20.4. The van der Waals surface area contributed by atoms with Crippen LogP contribution < -0.4 is 10.6 Å². The van der Waals surface area contributed by atoms with E-state index in [0.717, 1.165) is 12.0 Å². The normalized spacial score (nSPS) is 19.7. The van der Waals surface area contributed by atoms with Gasteiger partial charge in [0.1, 0.15) is 0 Å². The summed E-state index contributed by atoms with van der Waals surface area (Å²) in [6, 6.07) is 33.1. The lowest BCUT2D eigenvalue weighted by atomic mass is 9.52. The first kappa shape index (κ1) is 25.9. The fraction of sp³-hybridized carbons (Fsp3) is 0.143. The Morgan fingerprint density at radius 1 is 0.881 bits per heavy atom. The first-order valence-electron chi connectivity index (χ1n) is 13.8. The van der Waals surface area contributed by atoms with Gasteiger partial charge in [0, 0.05) is 34.0 Å². The number of nitrogens with one attached hydrogen (secondary N) is 2. The van der Waals surface area contributed by atoms with Crippen LogP contribution in [0.15, 0.2) is 102 Å². The van der Waals surface area contributed by atoms with Crippen LogP contribution in [0.1, 0.15) is 63.4 Å². The summed E-state index contributed by atoms with van der Waals surface area (Å²) >= 11 is 1.37. The number of amides is 2. The van der Waals surface area contributed by atoms with Gasteiger partial charge in [-0.05, 0) is 65.9 Å². The van der Waals surface area contributed by atoms with Crippen molar-refractivity contribution in [2.45, 2.75) is 25.2 Å². The van der Waals surface area contributed by atoms with Crippen LogP contribution in [-0.2, 0) is 4.79 Å². The van der Waals surface area contributed by atoms with Crippen LogP contribution in [0.4, 0.5) is 10.8 Å². The summed E-state index contributed by atoms with van der Waals surface area (Å²) in [6.07, 6.45) is 0.740. The van der Waals surface area contributed by atoms with Crippen LogP contribution in [0.5, 0.6) is 0 Å². The number of thiazole rings is 1. The van der Waals surface area contributed by atoms with Crippen LogP contribution >= 0.6 is 11.3 Å². The molecule has 2 amide bonds. The summed E-state index contributed by atoms with van der Waals surface area (Å²) in [5.74, 6) is -0.161. The lowest BCUT2D eigenvalue weighted by Crippen LogP contribution is -2.47. The molecule has 1 heterocycles. The van der Waals surface area contributed by atoms with Gasteiger partial charge in [-0.3, -0.25) is 9.59 Å². The monoisotopic (exact) mass is 566 g/mol. The maximum atomic E-state index is 14.0. The molecule has 2 N–H and O–H groups in total. The third-order valence-electron chi connectivity index (χ3n) is 8.54. The number of benzene rings is 4. The SMILES string of the molecule is CC1(C(=O)Nc2nc(-c3cccc(C(=O)Nc4cccc(C#N)c4)c3)cs2)CC2c3ccccc3C1c1ccccc12. The molecule has 0 fully saturated rings. The maximum Gasteiger partial charge on any atom is 0.255 e. The minimum atomic E-state index is -0.625. The summed E-state index contributed by atoms with van der Waals surface area (Å²) in [7, 11) is 0. The summed E-state index contributed by atoms with van der Waals surface area (Å²) in [6.45, 7) is 2.08. The summed E-state index contributed by atoms with van der Waals surface area (Å²) in [4.78, 5) is 31.6. The molecule has 0 spiro atoms. The number of nitriles is 1. The van der Waals surface area contributed by atoms with Crippen LogP contribution in [0.3, 0.4) is 0 Å². The van der Waals surface area contributed by atoms with Crippen molar-refractivity contribution in [1.82, 2.24) is 4.98 Å². The lowest BCUT2D eigenvalue weighted by Gasteiger charge is -2.50. The van der Waals surface area contributed by atoms with Gasteiger partial charge in [0.2, 0.25) is 5.91 Å². The Morgan fingerprint density at radius 3 is 2.29 bits per heavy atom. The summed E-state index contributed by atoms with van der Waals surface area (Å²) in [5.41, 5.74) is 7.45. The molecule has 5 aromatic rings. The quantitative estimate of drug-likeness (QED) is 0.230. The smallest absolute Gasteiger partial charge is 0.255 e. The highest BCUT2D eigenvalue weighted by Crippen LogP contribution is 2.61. The van der Waals surface area contributed by atoms with Crippen molar-refractivity contribution in [3.05, 3.63) is 136 Å². The van der Waals surface area contributed by atoms with E-state index in [2.05, 4.69) is 72.2 Å². The Balaban J connectivity index is 1.12. The number of anilines is 2. The van der Waals surface area contributed by atoms with Gasteiger partial charge < -0.3 is 10.6 Å². The molecular formula is C35H26N4O2S. The third kappa shape index (κ3) is 4.28. The number of fused-ring (bicyclic) bond motifs is 1. The van der Waals surface area contributed by atoms with Gasteiger partial charge in [-0.1, -0.05) is 66.7 Å². The molecule has 0 aliphatic heterocycles. The van der Waals surface area contributed by atoms with E-state index in [-0.39, 0.29) is 23.7 Å². The Kier molecular flexibility index (Phi) is 6.22. The molecule has 0 saturated heterocycles. The average molecular weight is 567 g/mol. The van der Waals surface area contributed by atoms with Gasteiger partial charge in [-0.25, -0.2) is 4.98 Å². The van der Waals surface area contributed by atoms with E-state index in [1.165, 1.54) is 33.6 Å². The third-order valence-corrected chi connectivity index (χ3v) is 9.30. The number of nitrogens with zero attached hydrogens (tertiary/aromatic N) is 2. The highest BCUT2D eigenvalue weighted by Gasteiger charge is 2.54. The summed E-state index contributed by atoms with van der Waals surface area (Å²) < 4.78 is 0. The zero-order valence-corrected chi connectivity index (χ0v) is 23.6. The largest absolute Gasteiger partial charge is 0.322 e. The molecule has 8 rings (SSSR count). The molecule has 1 aromatic heterocycles. The minimum Gasteiger partial charge on any atom is -0.322 e. The second-order valence-electron chi connectivity index (χ2n) is 11.1. The second kappa shape index (κ2) is 10.1. The zero-order valence-electron chi connectivity index (χ0n) is 22.8. The number of rotatable bonds is 5. The van der Waals surface area contributed by atoms with Crippen LogP contribution in [0.25, 0.3) is 11.3 Å². The number of hydrogen-bond acceptors (Lipinski definition) is 5. The molecule has 2 bridgehead atoms. The van der Waals surface area contributed by atoms with E-state index in [0.29, 0.717) is 27.6 Å². The molecule has 42 heavy (non-hydrogen) atoms. The van der Waals surface area contributed by atoms with Crippen molar-refractivity contribution in [3.63, 3.8) is 0 Å². The maximum absolute atomic E-state index is 14.0. The van der Waals surface area contributed by atoms with Gasteiger partial charge in [0.05, 0.1) is 22.7 Å². The molecule has 1 atom stereocenters. The van der Waals surface area contributed by atoms with Gasteiger partial charge in [0.15, 0.2) is 5.13 Å². The van der Waals surface area contributed by atoms with E-state index in [9.17, 15) is 9.59 Å². The molecule has 4 aromatic carbocycles. The predicted octanol–water partition coefficient (Wildman–Crippen LogP) is 7.56. The Hall–Kier alpha value is -5.06. The average Bonchev–Trinajstić information content (AvgIpc) is 3.50. The van der Waals surface area contributed by atoms with Gasteiger partial charge in [-0.15, -0.1) is 11.3 Å². The summed E-state index contributed by atoms with van der Waals surface area (Å²) in [5, 5.41) is 17.5. The highest BCUT2D eigenvalue weighted by molar-refractivity contribution is 7.14. The van der Waals surface area contributed by atoms with Gasteiger partial charge in [0.25, 0.3) is 5.91 Å². The number of hydrogen-bond donors (Lipinski definition) is 2. The van der Waals surface area contributed by atoms with Crippen molar-refractivity contribution in [3.8, 4) is 17.3 Å². The van der Waals surface area contributed by atoms with Crippen molar-refractivity contribution in [1.29, 1.82) is 5.26 Å². The molecule has 3 aliphatic carbocycles. The molecular weight excluding hydrogens is 540 g/mol. The number of carbonyl (C=O) groups is 2. The molecule has 6 nitrogen and oxygen atoms in total. The number of aromatic nitrogens is 1. The van der Waals surface area contributed by atoms with Gasteiger partial charge in [-0.2, -0.15) is 5.26 Å². The second-order valence-corrected chi connectivity index (χ2v) is 11.9. The van der Waals surface area contributed by atoms with Crippen LogP contribution in [0.2, 0.25) is 0 Å².